The summed E-state index contributed by atoms with van der Waals surface area (Å²) in [6.45, 7) is 3.00. The molecule has 0 unspecified atom stereocenters. The van der Waals surface area contributed by atoms with Gasteiger partial charge in [-0.3, -0.25) is 10.1 Å². The lowest BCUT2D eigenvalue weighted by atomic mass is 10.1. The number of para-hydroxylation sites is 1. The van der Waals surface area contributed by atoms with E-state index in [4.69, 9.17) is 0 Å². The fraction of sp³-hybridized carbons (Fsp3) is 0.105. The van der Waals surface area contributed by atoms with Gasteiger partial charge in [0, 0.05) is 35.7 Å². The van der Waals surface area contributed by atoms with Crippen LogP contribution in [0.1, 0.15) is 18.2 Å². The molecule has 1 heterocycles. The first-order valence-corrected chi connectivity index (χ1v) is 7.53. The van der Waals surface area contributed by atoms with Crippen molar-refractivity contribution in [1.29, 1.82) is 0 Å². The third-order valence-electron chi connectivity index (χ3n) is 3.84. The number of aromatic nitrogens is 1. The normalized spacial score (nSPS) is 10.7. The van der Waals surface area contributed by atoms with Crippen LogP contribution < -0.4 is 28.5 Å². The van der Waals surface area contributed by atoms with Crippen molar-refractivity contribution in [2.24, 2.45) is 0 Å². The lowest BCUT2D eigenvalue weighted by Gasteiger charge is -2.02. The van der Waals surface area contributed by atoms with Crippen molar-refractivity contribution in [2.75, 3.05) is 0 Å². The highest BCUT2D eigenvalue weighted by Gasteiger charge is 2.11. The minimum atomic E-state index is -0.387. The van der Waals surface area contributed by atoms with Gasteiger partial charge in [-0.2, -0.15) is 4.57 Å². The summed E-state index contributed by atoms with van der Waals surface area (Å²) in [5.74, 6) is 0. The van der Waals surface area contributed by atoms with E-state index in [0.29, 0.717) is 0 Å². The van der Waals surface area contributed by atoms with E-state index in [0.717, 1.165) is 17.8 Å². The van der Waals surface area contributed by atoms with Crippen molar-refractivity contribution in [3.05, 3.63) is 82.0 Å². The Balaban J connectivity index is 0.00000208. The van der Waals surface area contributed by atoms with Gasteiger partial charge in [0.05, 0.1) is 4.92 Å². The van der Waals surface area contributed by atoms with Crippen molar-refractivity contribution in [2.45, 2.75) is 13.5 Å². The lowest BCUT2D eigenvalue weighted by Crippen LogP contribution is -3.00. The number of fused-ring (bicyclic) bond motifs is 1. The molecular weight excluding hydrogens is 415 g/mol. The quantitative estimate of drug-likeness (QED) is 0.270. The molecule has 0 saturated carbocycles. The molecule has 0 spiro atoms. The Bertz CT molecular complexity index is 890. The fourth-order valence-corrected chi connectivity index (χ4v) is 2.67. The molecule has 0 fully saturated rings. The first-order valence-electron chi connectivity index (χ1n) is 7.53. The number of hydrogen-bond acceptors (Lipinski definition) is 2. The zero-order valence-electron chi connectivity index (χ0n) is 13.2. The average Bonchev–Trinajstić information content (AvgIpc) is 2.59. The van der Waals surface area contributed by atoms with Gasteiger partial charge >= 0.3 is 0 Å². The Morgan fingerprint density at radius 2 is 1.71 bits per heavy atom. The molecule has 24 heavy (non-hydrogen) atoms. The van der Waals surface area contributed by atoms with Gasteiger partial charge in [-0.15, -0.1) is 0 Å². The minimum Gasteiger partial charge on any atom is -1.00 e. The second-order valence-corrected chi connectivity index (χ2v) is 5.24. The molecule has 0 aliphatic carbocycles. The summed E-state index contributed by atoms with van der Waals surface area (Å²) in [5.41, 5.74) is 3.34. The Hall–Kier alpha value is -2.28. The second kappa shape index (κ2) is 8.01. The third-order valence-corrected chi connectivity index (χ3v) is 3.84. The first kappa shape index (κ1) is 18.1. The van der Waals surface area contributed by atoms with Crippen LogP contribution in [0.4, 0.5) is 5.69 Å². The van der Waals surface area contributed by atoms with Gasteiger partial charge in [0.25, 0.3) is 5.69 Å². The number of halogens is 1. The highest BCUT2D eigenvalue weighted by molar-refractivity contribution is 5.77. The molecule has 3 rings (SSSR count). The van der Waals surface area contributed by atoms with Crippen LogP contribution in [0.15, 0.2) is 60.7 Å². The molecule has 0 atom stereocenters. The zero-order chi connectivity index (χ0) is 16.2. The number of nitro groups is 1. The van der Waals surface area contributed by atoms with E-state index in [1.165, 1.54) is 23.0 Å². The molecule has 0 saturated heterocycles. The summed E-state index contributed by atoms with van der Waals surface area (Å²) < 4.78 is 2.25. The number of nitrogens with zero attached hydrogens (tertiary/aromatic N) is 2. The van der Waals surface area contributed by atoms with Crippen molar-refractivity contribution >= 4 is 28.7 Å². The van der Waals surface area contributed by atoms with Crippen LogP contribution in [0.25, 0.3) is 23.1 Å². The molecule has 0 amide bonds. The largest absolute Gasteiger partial charge is 1.00 e. The molecule has 0 radical (unpaired) electrons. The number of non-ortho nitro benzene ring substituents is 1. The molecule has 0 aliphatic heterocycles. The molecular formula is C19H17IN2O2. The Morgan fingerprint density at radius 3 is 2.38 bits per heavy atom. The molecule has 5 heteroatoms. The fourth-order valence-electron chi connectivity index (χ4n) is 2.67. The molecule has 0 N–H and O–H groups in total. The number of rotatable bonds is 4. The van der Waals surface area contributed by atoms with E-state index in [2.05, 4.69) is 35.8 Å². The number of pyridine rings is 1. The topological polar surface area (TPSA) is 47.0 Å². The van der Waals surface area contributed by atoms with Gasteiger partial charge in [0.15, 0.2) is 0 Å². The van der Waals surface area contributed by atoms with Crippen LogP contribution in [-0.2, 0) is 6.54 Å². The Morgan fingerprint density at radius 1 is 1.00 bits per heavy atom. The summed E-state index contributed by atoms with van der Waals surface area (Å²) in [7, 11) is 0. The van der Waals surface area contributed by atoms with Crippen LogP contribution in [-0.4, -0.2) is 4.92 Å². The van der Waals surface area contributed by atoms with Crippen LogP contribution in [0, 0.1) is 10.1 Å². The van der Waals surface area contributed by atoms with Crippen LogP contribution in [0.5, 0.6) is 0 Å². The smallest absolute Gasteiger partial charge is 0.269 e. The minimum absolute atomic E-state index is 0. The van der Waals surface area contributed by atoms with Crippen molar-refractivity contribution in [3.8, 4) is 0 Å². The predicted octanol–water partition coefficient (Wildman–Crippen LogP) is 1.23. The average molecular weight is 432 g/mol. The first-order chi connectivity index (χ1) is 11.2. The van der Waals surface area contributed by atoms with Gasteiger partial charge in [0.2, 0.25) is 11.2 Å². The van der Waals surface area contributed by atoms with E-state index >= 15 is 0 Å². The van der Waals surface area contributed by atoms with E-state index < -0.39 is 0 Å². The van der Waals surface area contributed by atoms with Gasteiger partial charge in [-0.1, -0.05) is 12.1 Å². The number of nitro benzene ring substituents is 1. The summed E-state index contributed by atoms with van der Waals surface area (Å²) in [5, 5.41) is 11.9. The Kier molecular flexibility index (Phi) is 6.03. The van der Waals surface area contributed by atoms with Gasteiger partial charge in [-0.25, -0.2) is 0 Å². The maximum atomic E-state index is 10.7. The summed E-state index contributed by atoms with van der Waals surface area (Å²) in [6.07, 6.45) is 4.01. The molecule has 1 aromatic heterocycles. The van der Waals surface area contributed by atoms with Crippen molar-refractivity contribution < 1.29 is 33.5 Å². The van der Waals surface area contributed by atoms with Gasteiger partial charge in [0.1, 0.15) is 6.54 Å². The number of benzene rings is 2. The van der Waals surface area contributed by atoms with Gasteiger partial charge < -0.3 is 24.0 Å². The number of aryl methyl sites for hydroxylation is 1. The third kappa shape index (κ3) is 3.79. The van der Waals surface area contributed by atoms with Crippen molar-refractivity contribution in [1.82, 2.24) is 0 Å². The second-order valence-electron chi connectivity index (χ2n) is 5.24. The predicted molar refractivity (Wildman–Crippen MR) is 91.8 cm³/mol. The van der Waals surface area contributed by atoms with E-state index in [1.54, 1.807) is 12.1 Å². The monoisotopic (exact) mass is 432 g/mol. The molecule has 0 bridgehead atoms. The van der Waals surface area contributed by atoms with E-state index in [9.17, 15) is 10.1 Å². The zero-order valence-corrected chi connectivity index (χ0v) is 15.4. The standard InChI is InChI=1S/C19H17N2O2.HI/c1-2-20-17(14-10-16-5-3-4-6-19(16)20)11-7-15-8-12-18(13-9-15)21(22)23;/h3-14H,2H2,1H3;1H/q+1;/p-1/b11-7-;. The molecule has 2 aromatic carbocycles. The van der Waals surface area contributed by atoms with Crippen LogP contribution in [0.2, 0.25) is 0 Å². The maximum Gasteiger partial charge on any atom is 0.269 e. The van der Waals surface area contributed by atoms with Crippen LogP contribution >= 0.6 is 0 Å². The molecule has 0 aliphatic rings. The highest BCUT2D eigenvalue weighted by atomic mass is 127. The molecule has 4 nitrogen and oxygen atoms in total. The Labute approximate surface area is 157 Å². The molecule has 3 aromatic rings. The van der Waals surface area contributed by atoms with Crippen molar-refractivity contribution in [3.63, 3.8) is 0 Å². The maximum absolute atomic E-state index is 10.7. The van der Waals surface area contributed by atoms with Gasteiger partial charge in [-0.05, 0) is 42.8 Å². The SMILES string of the molecule is CC[n+]1c(/C=C\c2ccc([N+](=O)[O-])cc2)ccc2ccccc21.[I-]. The summed E-state index contributed by atoms with van der Waals surface area (Å²) >= 11 is 0. The van der Waals surface area contributed by atoms with E-state index in [-0.39, 0.29) is 34.6 Å². The van der Waals surface area contributed by atoms with Crippen LogP contribution in [0.3, 0.4) is 0 Å². The highest BCUT2D eigenvalue weighted by Crippen LogP contribution is 2.15. The van der Waals surface area contributed by atoms with E-state index in [1.807, 2.05) is 24.3 Å². The summed E-state index contributed by atoms with van der Waals surface area (Å²) in [6, 6.07) is 19.0. The molecule has 122 valence electrons. The number of hydrogen-bond donors (Lipinski definition) is 0. The summed E-state index contributed by atoms with van der Waals surface area (Å²) in [4.78, 5) is 10.3. The lowest BCUT2D eigenvalue weighted by molar-refractivity contribution is -0.669.